The maximum atomic E-state index is 11.9. The van der Waals surface area contributed by atoms with Gasteiger partial charge >= 0.3 is 0 Å². The third-order valence-electron chi connectivity index (χ3n) is 3.07. The van der Waals surface area contributed by atoms with Crippen LogP contribution in [0.25, 0.3) is 0 Å². The second kappa shape index (κ2) is 6.18. The number of amides is 2. The minimum absolute atomic E-state index is 0.152. The van der Waals surface area contributed by atoms with Crippen LogP contribution in [0.4, 0.5) is 5.69 Å². The van der Waals surface area contributed by atoms with Crippen LogP contribution < -0.4 is 15.6 Å². The number of hydrazone groups is 1. The summed E-state index contributed by atoms with van der Waals surface area (Å²) in [6.45, 7) is 0.444. The van der Waals surface area contributed by atoms with Crippen LogP contribution in [0.1, 0.15) is 18.4 Å². The van der Waals surface area contributed by atoms with E-state index in [-0.39, 0.29) is 11.8 Å². The summed E-state index contributed by atoms with van der Waals surface area (Å²) < 4.78 is 0. The first-order chi connectivity index (χ1) is 9.56. The summed E-state index contributed by atoms with van der Waals surface area (Å²) in [5.41, 5.74) is 4.81. The van der Waals surface area contributed by atoms with Gasteiger partial charge in [-0.25, -0.2) is 5.43 Å². The second-order valence-electron chi connectivity index (χ2n) is 4.84. The van der Waals surface area contributed by atoms with E-state index in [0.29, 0.717) is 25.1 Å². The molecule has 1 aromatic carbocycles. The Morgan fingerprint density at radius 2 is 2.00 bits per heavy atom. The Balaban J connectivity index is 1.88. The van der Waals surface area contributed by atoms with Crippen LogP contribution in [0, 0.1) is 0 Å². The van der Waals surface area contributed by atoms with Crippen LogP contribution in [0.3, 0.4) is 0 Å². The van der Waals surface area contributed by atoms with Crippen molar-refractivity contribution in [3.8, 4) is 0 Å². The molecule has 2 amide bonds. The van der Waals surface area contributed by atoms with E-state index in [1.807, 2.05) is 43.3 Å². The number of hydrogen-bond donors (Lipinski definition) is 2. The van der Waals surface area contributed by atoms with Gasteiger partial charge in [0.15, 0.2) is 0 Å². The molecule has 6 heteroatoms. The van der Waals surface area contributed by atoms with Gasteiger partial charge in [-0.1, -0.05) is 12.1 Å². The zero-order chi connectivity index (χ0) is 14.5. The molecule has 6 nitrogen and oxygen atoms in total. The predicted octanol–water partition coefficient (Wildman–Crippen LogP) is 0.635. The van der Waals surface area contributed by atoms with Crippen LogP contribution in [-0.4, -0.2) is 31.6 Å². The number of nitrogens with zero attached hydrogens (tertiary/aromatic N) is 2. The van der Waals surface area contributed by atoms with E-state index < -0.39 is 0 Å². The molecule has 106 valence electrons. The average Bonchev–Trinajstić information content (AvgIpc) is 2.46. The highest BCUT2D eigenvalue weighted by atomic mass is 16.2. The molecule has 0 aliphatic carbocycles. The van der Waals surface area contributed by atoms with Gasteiger partial charge in [0.2, 0.25) is 5.91 Å². The minimum Gasteiger partial charge on any atom is -0.378 e. The number of carbonyl (C=O) groups is 2. The smallest absolute Gasteiger partial charge is 0.267 e. The fourth-order valence-corrected chi connectivity index (χ4v) is 1.83. The van der Waals surface area contributed by atoms with Crippen LogP contribution in [0.5, 0.6) is 0 Å². The van der Waals surface area contributed by atoms with Gasteiger partial charge in [-0.15, -0.1) is 0 Å². The van der Waals surface area contributed by atoms with Crippen molar-refractivity contribution in [3.05, 3.63) is 29.8 Å². The van der Waals surface area contributed by atoms with Crippen molar-refractivity contribution in [2.75, 3.05) is 19.0 Å². The fraction of sp³-hybridized carbons (Fsp3) is 0.357. The highest BCUT2D eigenvalue weighted by Crippen LogP contribution is 2.12. The molecule has 20 heavy (non-hydrogen) atoms. The third-order valence-corrected chi connectivity index (χ3v) is 3.07. The Labute approximate surface area is 117 Å². The van der Waals surface area contributed by atoms with E-state index in [2.05, 4.69) is 15.8 Å². The monoisotopic (exact) mass is 274 g/mol. The first-order valence-electron chi connectivity index (χ1n) is 6.46. The Hall–Kier alpha value is -2.37. The van der Waals surface area contributed by atoms with Gasteiger partial charge in [-0.2, -0.15) is 5.10 Å². The molecule has 0 bridgehead atoms. The standard InChI is InChI=1S/C14H18N4O2/c1-18(2)11-5-3-10(4-6-11)9-15-14(20)12-7-8-13(19)17-16-12/h3-6H,7-9H2,1-2H3,(H,15,20)(H,17,19). The van der Waals surface area contributed by atoms with Gasteiger partial charge in [0.05, 0.1) is 0 Å². The lowest BCUT2D eigenvalue weighted by molar-refractivity contribution is -0.121. The summed E-state index contributed by atoms with van der Waals surface area (Å²) in [4.78, 5) is 24.8. The van der Waals surface area contributed by atoms with E-state index in [4.69, 9.17) is 0 Å². The number of nitrogens with one attached hydrogen (secondary N) is 2. The van der Waals surface area contributed by atoms with E-state index >= 15 is 0 Å². The Morgan fingerprint density at radius 1 is 1.30 bits per heavy atom. The molecule has 0 radical (unpaired) electrons. The molecule has 0 fully saturated rings. The number of hydrogen-bond acceptors (Lipinski definition) is 4. The van der Waals surface area contributed by atoms with Crippen molar-refractivity contribution in [3.63, 3.8) is 0 Å². The molecule has 1 aliphatic rings. The molecule has 1 aromatic rings. The van der Waals surface area contributed by atoms with E-state index in [1.54, 1.807) is 0 Å². The molecule has 0 saturated heterocycles. The topological polar surface area (TPSA) is 73.8 Å². The van der Waals surface area contributed by atoms with Crippen molar-refractivity contribution >= 4 is 23.2 Å². The third kappa shape index (κ3) is 3.57. The van der Waals surface area contributed by atoms with Crippen molar-refractivity contribution in [2.45, 2.75) is 19.4 Å². The second-order valence-corrected chi connectivity index (χ2v) is 4.84. The van der Waals surface area contributed by atoms with Gasteiger partial charge in [0.25, 0.3) is 5.91 Å². The van der Waals surface area contributed by atoms with Crippen LogP contribution >= 0.6 is 0 Å². The Kier molecular flexibility index (Phi) is 4.34. The molecular formula is C14H18N4O2. The highest BCUT2D eigenvalue weighted by molar-refractivity contribution is 6.39. The summed E-state index contributed by atoms with van der Waals surface area (Å²) >= 11 is 0. The van der Waals surface area contributed by atoms with Gasteiger partial charge in [0, 0.05) is 39.2 Å². The van der Waals surface area contributed by atoms with E-state index in [9.17, 15) is 9.59 Å². The lowest BCUT2D eigenvalue weighted by atomic mass is 10.1. The molecule has 1 heterocycles. The fourth-order valence-electron chi connectivity index (χ4n) is 1.83. The summed E-state index contributed by atoms with van der Waals surface area (Å²) in [7, 11) is 3.96. The molecule has 0 spiro atoms. The number of benzene rings is 1. The molecule has 0 aromatic heterocycles. The van der Waals surface area contributed by atoms with Crippen molar-refractivity contribution in [1.82, 2.24) is 10.7 Å². The summed E-state index contributed by atoms with van der Waals surface area (Å²) in [5, 5.41) is 6.56. The number of anilines is 1. The molecule has 0 atom stereocenters. The normalized spacial score (nSPS) is 14.3. The van der Waals surface area contributed by atoms with Gasteiger partial charge < -0.3 is 10.2 Å². The van der Waals surface area contributed by atoms with Gasteiger partial charge in [-0.3, -0.25) is 9.59 Å². The first kappa shape index (κ1) is 14.0. The Bertz CT molecular complexity index is 535. The first-order valence-corrected chi connectivity index (χ1v) is 6.46. The highest BCUT2D eigenvalue weighted by Gasteiger charge is 2.17. The molecule has 0 unspecified atom stereocenters. The molecular weight excluding hydrogens is 256 g/mol. The van der Waals surface area contributed by atoms with Crippen molar-refractivity contribution < 1.29 is 9.59 Å². The van der Waals surface area contributed by atoms with Gasteiger partial charge in [0.1, 0.15) is 5.71 Å². The van der Waals surface area contributed by atoms with Crippen LogP contribution in [0.2, 0.25) is 0 Å². The Morgan fingerprint density at radius 3 is 2.55 bits per heavy atom. The molecule has 2 rings (SSSR count). The quantitative estimate of drug-likeness (QED) is 0.846. The maximum absolute atomic E-state index is 11.9. The predicted molar refractivity (Wildman–Crippen MR) is 77.4 cm³/mol. The largest absolute Gasteiger partial charge is 0.378 e. The van der Waals surface area contributed by atoms with E-state index in [0.717, 1.165) is 11.3 Å². The zero-order valence-corrected chi connectivity index (χ0v) is 11.6. The van der Waals surface area contributed by atoms with Crippen molar-refractivity contribution in [1.29, 1.82) is 0 Å². The van der Waals surface area contributed by atoms with Gasteiger partial charge in [-0.05, 0) is 17.7 Å². The van der Waals surface area contributed by atoms with E-state index in [1.165, 1.54) is 0 Å². The summed E-state index contributed by atoms with van der Waals surface area (Å²) in [6, 6.07) is 7.94. The number of carbonyl (C=O) groups excluding carboxylic acids is 2. The summed E-state index contributed by atoms with van der Waals surface area (Å²) in [5.74, 6) is -0.387. The SMILES string of the molecule is CN(C)c1ccc(CNC(=O)C2=NNC(=O)CC2)cc1. The minimum atomic E-state index is -0.235. The maximum Gasteiger partial charge on any atom is 0.267 e. The lowest BCUT2D eigenvalue weighted by Gasteiger charge is -2.14. The van der Waals surface area contributed by atoms with Crippen LogP contribution in [-0.2, 0) is 16.1 Å². The van der Waals surface area contributed by atoms with Crippen LogP contribution in [0.15, 0.2) is 29.4 Å². The molecule has 0 saturated carbocycles. The molecule has 2 N–H and O–H groups in total. The number of rotatable bonds is 4. The zero-order valence-electron chi connectivity index (χ0n) is 11.6. The summed E-state index contributed by atoms with van der Waals surface area (Å²) in [6.07, 6.45) is 0.695. The average molecular weight is 274 g/mol. The lowest BCUT2D eigenvalue weighted by Crippen LogP contribution is -2.36. The molecule has 1 aliphatic heterocycles. The van der Waals surface area contributed by atoms with Crippen molar-refractivity contribution in [2.24, 2.45) is 5.10 Å².